The van der Waals surface area contributed by atoms with Gasteiger partial charge in [-0.15, -0.1) is 5.10 Å². The van der Waals surface area contributed by atoms with Crippen LogP contribution in [0.5, 0.6) is 0 Å². The van der Waals surface area contributed by atoms with Gasteiger partial charge in [-0.2, -0.15) is 0 Å². The Morgan fingerprint density at radius 3 is 2.72 bits per heavy atom. The fourth-order valence-electron chi connectivity index (χ4n) is 1.76. The molecule has 18 heavy (non-hydrogen) atoms. The van der Waals surface area contributed by atoms with E-state index < -0.39 is 0 Å². The smallest absolute Gasteiger partial charge is 0.209 e. The number of nitrogens with two attached hydrogens (primary N) is 1. The average molecular weight is 263 g/mol. The van der Waals surface area contributed by atoms with Crippen molar-refractivity contribution in [1.29, 1.82) is 0 Å². The molecule has 0 amide bonds. The number of hydrogen-bond donors (Lipinski definition) is 1. The van der Waals surface area contributed by atoms with Gasteiger partial charge in [-0.25, -0.2) is 4.68 Å². The molecule has 2 atom stereocenters. The molecule has 1 heterocycles. The molecule has 1 aromatic heterocycles. The lowest BCUT2D eigenvalue weighted by molar-refractivity contribution is 0.657. The Morgan fingerprint density at radius 2 is 2.17 bits per heavy atom. The quantitative estimate of drug-likeness (QED) is 0.850. The molecule has 0 saturated heterocycles. The van der Waals surface area contributed by atoms with E-state index in [1.807, 2.05) is 14.0 Å². The van der Waals surface area contributed by atoms with E-state index in [9.17, 15) is 0 Å². The van der Waals surface area contributed by atoms with Gasteiger partial charge in [0.2, 0.25) is 5.16 Å². The molecule has 0 aliphatic carbocycles. The molecule has 2 unspecified atom stereocenters. The maximum atomic E-state index is 6.09. The summed E-state index contributed by atoms with van der Waals surface area (Å²) >= 11 is 1.59. The van der Waals surface area contributed by atoms with Gasteiger partial charge in [0.1, 0.15) is 0 Å². The lowest BCUT2D eigenvalue weighted by atomic mass is 10.0. The first kappa shape index (κ1) is 13.0. The Hall–Kier alpha value is -1.40. The maximum absolute atomic E-state index is 6.09. The van der Waals surface area contributed by atoms with Crippen LogP contribution in [0.3, 0.4) is 0 Å². The first-order valence-corrected chi connectivity index (χ1v) is 6.67. The van der Waals surface area contributed by atoms with Gasteiger partial charge in [0.15, 0.2) is 0 Å². The van der Waals surface area contributed by atoms with Gasteiger partial charge in [-0.1, -0.05) is 41.6 Å². The van der Waals surface area contributed by atoms with Crippen molar-refractivity contribution in [1.82, 2.24) is 20.2 Å². The van der Waals surface area contributed by atoms with Crippen LogP contribution in [0.15, 0.2) is 29.4 Å². The third kappa shape index (κ3) is 2.88. The maximum Gasteiger partial charge on any atom is 0.209 e. The van der Waals surface area contributed by atoms with Crippen LogP contribution in [0, 0.1) is 6.92 Å². The minimum absolute atomic E-state index is 0.0218. The lowest BCUT2D eigenvalue weighted by Gasteiger charge is -2.20. The monoisotopic (exact) mass is 263 g/mol. The Morgan fingerprint density at radius 1 is 1.39 bits per heavy atom. The molecule has 2 N–H and O–H groups in total. The van der Waals surface area contributed by atoms with Crippen LogP contribution in [0.1, 0.15) is 23.3 Å². The fraction of sp³-hybridized carbons (Fsp3) is 0.417. The van der Waals surface area contributed by atoms with Crippen molar-refractivity contribution < 1.29 is 0 Å². The van der Waals surface area contributed by atoms with Crippen LogP contribution in [-0.4, -0.2) is 26.2 Å². The normalized spacial score (nSPS) is 14.4. The molecule has 2 rings (SSSR count). The molecule has 0 bridgehead atoms. The number of aryl methyl sites for hydroxylation is 2. The molecule has 0 aliphatic rings. The first-order valence-electron chi connectivity index (χ1n) is 5.79. The number of rotatable bonds is 4. The summed E-state index contributed by atoms with van der Waals surface area (Å²) in [7, 11) is 1.83. The molecular formula is C12H17N5S. The van der Waals surface area contributed by atoms with E-state index in [-0.39, 0.29) is 11.3 Å². The second kappa shape index (κ2) is 5.49. The van der Waals surface area contributed by atoms with Crippen molar-refractivity contribution in [2.75, 3.05) is 0 Å². The zero-order chi connectivity index (χ0) is 13.1. The lowest BCUT2D eigenvalue weighted by Crippen LogP contribution is -2.23. The summed E-state index contributed by atoms with van der Waals surface area (Å²) < 4.78 is 1.66. The molecule has 0 fully saturated rings. The van der Waals surface area contributed by atoms with Gasteiger partial charge in [0.05, 0.1) is 5.25 Å². The Bertz CT molecular complexity index is 523. The summed E-state index contributed by atoms with van der Waals surface area (Å²) in [5.41, 5.74) is 8.52. The van der Waals surface area contributed by atoms with Crippen LogP contribution in [0.2, 0.25) is 0 Å². The van der Waals surface area contributed by atoms with Crippen LogP contribution in [0.4, 0.5) is 0 Å². The highest BCUT2D eigenvalue weighted by atomic mass is 32.2. The Labute approximate surface area is 111 Å². The Balaban J connectivity index is 2.27. The molecule has 0 spiro atoms. The van der Waals surface area contributed by atoms with Gasteiger partial charge >= 0.3 is 0 Å². The molecule has 2 aromatic rings. The van der Waals surface area contributed by atoms with E-state index in [1.165, 1.54) is 11.1 Å². The highest BCUT2D eigenvalue weighted by Crippen LogP contribution is 2.35. The van der Waals surface area contributed by atoms with E-state index in [1.54, 1.807) is 16.4 Å². The molecule has 0 radical (unpaired) electrons. The molecule has 5 nitrogen and oxygen atoms in total. The first-order chi connectivity index (χ1) is 8.58. The summed E-state index contributed by atoms with van der Waals surface area (Å²) in [6.45, 7) is 4.08. The average Bonchev–Trinajstić information content (AvgIpc) is 2.71. The zero-order valence-electron chi connectivity index (χ0n) is 10.7. The standard InChI is InChI=1S/C12H17N5S/c1-8-5-4-6-10(7-8)11(9(2)13)18-12-14-15-16-17(12)3/h4-7,9,11H,13H2,1-3H3. The fourth-order valence-corrected chi connectivity index (χ4v) is 2.76. The largest absolute Gasteiger partial charge is 0.327 e. The molecule has 96 valence electrons. The number of tetrazole rings is 1. The zero-order valence-corrected chi connectivity index (χ0v) is 11.6. The van der Waals surface area contributed by atoms with E-state index in [2.05, 4.69) is 46.7 Å². The third-order valence-corrected chi connectivity index (χ3v) is 4.17. The van der Waals surface area contributed by atoms with Crippen molar-refractivity contribution in [3.8, 4) is 0 Å². The van der Waals surface area contributed by atoms with E-state index in [0.29, 0.717) is 0 Å². The predicted octanol–water partition coefficient (Wildman–Crippen LogP) is 1.70. The van der Waals surface area contributed by atoms with Crippen molar-refractivity contribution in [3.63, 3.8) is 0 Å². The summed E-state index contributed by atoms with van der Waals surface area (Å²) in [5, 5.41) is 12.4. The second-order valence-corrected chi connectivity index (χ2v) is 5.51. The van der Waals surface area contributed by atoms with E-state index in [0.717, 1.165) is 5.16 Å². The molecule has 0 aliphatic heterocycles. The second-order valence-electron chi connectivity index (χ2n) is 4.40. The van der Waals surface area contributed by atoms with Gasteiger partial charge in [0, 0.05) is 13.1 Å². The summed E-state index contributed by atoms with van der Waals surface area (Å²) in [5.74, 6) is 0. The minimum Gasteiger partial charge on any atom is -0.327 e. The third-order valence-electron chi connectivity index (χ3n) is 2.66. The highest BCUT2D eigenvalue weighted by Gasteiger charge is 2.20. The molecule has 1 aromatic carbocycles. The van der Waals surface area contributed by atoms with E-state index in [4.69, 9.17) is 5.73 Å². The van der Waals surface area contributed by atoms with Crippen LogP contribution >= 0.6 is 11.8 Å². The summed E-state index contributed by atoms with van der Waals surface area (Å²) in [6, 6.07) is 8.41. The number of thioether (sulfide) groups is 1. The number of hydrogen-bond acceptors (Lipinski definition) is 5. The molecule has 0 saturated carbocycles. The SMILES string of the molecule is Cc1cccc(C(Sc2nnnn2C)C(C)N)c1. The van der Waals surface area contributed by atoms with Crippen molar-refractivity contribution in [3.05, 3.63) is 35.4 Å². The Kier molecular flexibility index (Phi) is 3.98. The molecular weight excluding hydrogens is 246 g/mol. The van der Waals surface area contributed by atoms with Crippen LogP contribution in [-0.2, 0) is 7.05 Å². The van der Waals surface area contributed by atoms with Crippen LogP contribution < -0.4 is 5.73 Å². The number of aromatic nitrogens is 4. The topological polar surface area (TPSA) is 69.6 Å². The minimum atomic E-state index is 0.0218. The van der Waals surface area contributed by atoms with Gasteiger partial charge in [-0.05, 0) is 29.8 Å². The summed E-state index contributed by atoms with van der Waals surface area (Å²) in [4.78, 5) is 0. The van der Waals surface area contributed by atoms with E-state index >= 15 is 0 Å². The highest BCUT2D eigenvalue weighted by molar-refractivity contribution is 7.99. The number of nitrogens with zero attached hydrogens (tertiary/aromatic N) is 4. The summed E-state index contributed by atoms with van der Waals surface area (Å²) in [6.07, 6.45) is 0. The van der Waals surface area contributed by atoms with Gasteiger partial charge in [0.25, 0.3) is 0 Å². The molecule has 6 heteroatoms. The van der Waals surface area contributed by atoms with Crippen LogP contribution in [0.25, 0.3) is 0 Å². The van der Waals surface area contributed by atoms with Gasteiger partial charge < -0.3 is 5.73 Å². The van der Waals surface area contributed by atoms with Crippen molar-refractivity contribution >= 4 is 11.8 Å². The van der Waals surface area contributed by atoms with Crippen molar-refractivity contribution in [2.24, 2.45) is 12.8 Å². The van der Waals surface area contributed by atoms with Crippen molar-refractivity contribution in [2.45, 2.75) is 30.3 Å². The van der Waals surface area contributed by atoms with Gasteiger partial charge in [-0.3, -0.25) is 0 Å². The predicted molar refractivity (Wildman–Crippen MR) is 72.2 cm³/mol. The number of benzene rings is 1.